The zero-order chi connectivity index (χ0) is 13.6. The van der Waals surface area contributed by atoms with Crippen molar-refractivity contribution < 1.29 is 4.74 Å². The van der Waals surface area contributed by atoms with Crippen molar-refractivity contribution in [2.45, 2.75) is 53.1 Å². The van der Waals surface area contributed by atoms with Crippen molar-refractivity contribution >= 4 is 0 Å². The Morgan fingerprint density at radius 1 is 1.21 bits per heavy atom. The quantitative estimate of drug-likeness (QED) is 0.626. The molecule has 0 aromatic heterocycles. The van der Waals surface area contributed by atoms with Gasteiger partial charge in [-0.1, -0.05) is 37.1 Å². The molecule has 1 heterocycles. The number of hydrogen-bond acceptors (Lipinski definition) is 1. The van der Waals surface area contributed by atoms with Crippen molar-refractivity contribution in [2.75, 3.05) is 6.61 Å². The Balaban J connectivity index is 1.82. The summed E-state index contributed by atoms with van der Waals surface area (Å²) in [5.74, 6) is 3.65. The molecule has 1 saturated heterocycles. The topological polar surface area (TPSA) is 9.23 Å². The molecule has 106 valence electrons. The first-order chi connectivity index (χ1) is 9.08. The summed E-state index contributed by atoms with van der Waals surface area (Å²) in [7, 11) is 0. The van der Waals surface area contributed by atoms with Crippen LogP contribution in [-0.4, -0.2) is 12.7 Å². The predicted octanol–water partition coefficient (Wildman–Crippen LogP) is 4.60. The molecule has 0 radical (unpaired) electrons. The lowest BCUT2D eigenvalue weighted by Crippen LogP contribution is -2.49. The van der Waals surface area contributed by atoms with E-state index in [1.165, 1.54) is 19.3 Å². The van der Waals surface area contributed by atoms with Crippen LogP contribution < -0.4 is 0 Å². The molecule has 1 nitrogen and oxygen atoms in total. The molecule has 0 N–H and O–H groups in total. The van der Waals surface area contributed by atoms with Gasteiger partial charge in [0.15, 0.2) is 0 Å². The van der Waals surface area contributed by atoms with Gasteiger partial charge in [-0.2, -0.15) is 0 Å². The van der Waals surface area contributed by atoms with Gasteiger partial charge in [-0.25, -0.2) is 0 Å². The minimum Gasteiger partial charge on any atom is -0.377 e. The Morgan fingerprint density at radius 2 is 2.00 bits per heavy atom. The summed E-state index contributed by atoms with van der Waals surface area (Å²) in [5.41, 5.74) is 3.16. The van der Waals surface area contributed by atoms with Crippen LogP contribution in [0.1, 0.15) is 47.0 Å². The van der Waals surface area contributed by atoms with E-state index in [1.54, 1.807) is 11.1 Å². The maximum absolute atomic E-state index is 6.36. The Labute approximate surface area is 118 Å². The van der Waals surface area contributed by atoms with E-state index >= 15 is 0 Å². The summed E-state index contributed by atoms with van der Waals surface area (Å²) in [4.78, 5) is 0. The van der Waals surface area contributed by atoms with E-state index < -0.39 is 0 Å². The molecular formula is C18H28O. The van der Waals surface area contributed by atoms with E-state index in [0.717, 1.165) is 24.4 Å². The minimum atomic E-state index is 0.472. The first-order valence-electron chi connectivity index (χ1n) is 8.03. The number of ether oxygens (including phenoxy) is 1. The number of rotatable bonds is 1. The second-order valence-corrected chi connectivity index (χ2v) is 7.20. The number of hydrogen-bond donors (Lipinski definition) is 0. The van der Waals surface area contributed by atoms with Crippen molar-refractivity contribution in [1.82, 2.24) is 0 Å². The van der Waals surface area contributed by atoms with Gasteiger partial charge in [0.1, 0.15) is 0 Å². The van der Waals surface area contributed by atoms with E-state index in [4.69, 9.17) is 4.74 Å². The third-order valence-corrected chi connectivity index (χ3v) is 5.95. The molecule has 3 rings (SSSR count). The van der Waals surface area contributed by atoms with E-state index in [0.29, 0.717) is 17.9 Å². The molecule has 0 saturated carbocycles. The van der Waals surface area contributed by atoms with Crippen molar-refractivity contribution in [1.29, 1.82) is 0 Å². The fraction of sp³-hybridized carbons (Fsp3) is 0.778. The molecule has 3 aliphatic rings. The van der Waals surface area contributed by atoms with E-state index in [9.17, 15) is 0 Å². The summed E-state index contributed by atoms with van der Waals surface area (Å²) in [6.07, 6.45) is 9.26. The second-order valence-electron chi connectivity index (χ2n) is 7.20. The van der Waals surface area contributed by atoms with Crippen LogP contribution in [-0.2, 0) is 4.74 Å². The minimum absolute atomic E-state index is 0.472. The third-order valence-electron chi connectivity index (χ3n) is 5.95. The normalized spacial score (nSPS) is 46.5. The monoisotopic (exact) mass is 260 g/mol. The van der Waals surface area contributed by atoms with E-state index in [-0.39, 0.29) is 0 Å². The SMILES string of the molecule is CC1=CC[C@H]([C@@H]2OC[C@H]3[C@@H](C)[C@@H]2C(C)=C[C@@H]3C)CC1. The van der Waals surface area contributed by atoms with Gasteiger partial charge in [-0.05, 0) is 56.8 Å². The molecule has 19 heavy (non-hydrogen) atoms. The first-order valence-corrected chi connectivity index (χ1v) is 8.03. The lowest BCUT2D eigenvalue weighted by molar-refractivity contribution is -0.117. The first kappa shape index (κ1) is 13.4. The third kappa shape index (κ3) is 2.31. The second kappa shape index (κ2) is 5.09. The van der Waals surface area contributed by atoms with Crippen LogP contribution in [0.25, 0.3) is 0 Å². The van der Waals surface area contributed by atoms with Gasteiger partial charge in [0.25, 0.3) is 0 Å². The molecule has 6 atom stereocenters. The molecule has 1 aliphatic heterocycles. The lowest BCUT2D eigenvalue weighted by atomic mass is 9.63. The summed E-state index contributed by atoms with van der Waals surface area (Å²) < 4.78 is 6.36. The maximum atomic E-state index is 6.36. The molecule has 2 bridgehead atoms. The maximum Gasteiger partial charge on any atom is 0.0674 e. The van der Waals surface area contributed by atoms with Crippen molar-refractivity contribution in [3.05, 3.63) is 23.3 Å². The molecule has 0 unspecified atom stereocenters. The molecule has 0 amide bonds. The standard InChI is InChI=1S/C18H28O/c1-11-5-7-15(8-6-11)18-17-13(3)9-12(2)16(10-19-18)14(17)4/h5,9,12,14-18H,6-8,10H2,1-4H3/t12-,14+,15-,16+,17-,18-/m0/s1. The lowest BCUT2D eigenvalue weighted by Gasteiger charge is -2.50. The van der Waals surface area contributed by atoms with E-state index in [1.807, 2.05) is 0 Å². The van der Waals surface area contributed by atoms with Gasteiger partial charge in [-0.3, -0.25) is 0 Å². The van der Waals surface area contributed by atoms with Crippen LogP contribution in [0, 0.1) is 29.6 Å². The predicted molar refractivity (Wildman–Crippen MR) is 79.9 cm³/mol. The smallest absolute Gasteiger partial charge is 0.0674 e. The Morgan fingerprint density at radius 3 is 2.68 bits per heavy atom. The van der Waals surface area contributed by atoms with Crippen LogP contribution in [0.2, 0.25) is 0 Å². The highest BCUT2D eigenvalue weighted by atomic mass is 16.5. The van der Waals surface area contributed by atoms with Crippen LogP contribution in [0.4, 0.5) is 0 Å². The van der Waals surface area contributed by atoms with Gasteiger partial charge >= 0.3 is 0 Å². The van der Waals surface area contributed by atoms with Gasteiger partial charge < -0.3 is 4.74 Å². The van der Waals surface area contributed by atoms with Gasteiger partial charge in [0, 0.05) is 5.92 Å². The molecule has 0 spiro atoms. The van der Waals surface area contributed by atoms with Crippen LogP contribution in [0.5, 0.6) is 0 Å². The van der Waals surface area contributed by atoms with Gasteiger partial charge in [0.2, 0.25) is 0 Å². The van der Waals surface area contributed by atoms with Crippen molar-refractivity contribution in [3.63, 3.8) is 0 Å². The van der Waals surface area contributed by atoms with Crippen LogP contribution in [0.15, 0.2) is 23.3 Å². The molecule has 0 aromatic rings. The highest BCUT2D eigenvalue weighted by molar-refractivity contribution is 5.18. The average Bonchev–Trinajstić information content (AvgIpc) is 2.37. The Hall–Kier alpha value is -0.560. The van der Waals surface area contributed by atoms with Gasteiger partial charge in [-0.15, -0.1) is 0 Å². The fourth-order valence-electron chi connectivity index (χ4n) is 4.71. The van der Waals surface area contributed by atoms with Gasteiger partial charge in [0.05, 0.1) is 12.7 Å². The van der Waals surface area contributed by atoms with Crippen LogP contribution >= 0.6 is 0 Å². The largest absolute Gasteiger partial charge is 0.377 e. The highest BCUT2D eigenvalue weighted by Crippen LogP contribution is 2.47. The van der Waals surface area contributed by atoms with Crippen molar-refractivity contribution in [3.8, 4) is 0 Å². The average molecular weight is 260 g/mol. The molecule has 1 fully saturated rings. The molecule has 0 aromatic carbocycles. The van der Waals surface area contributed by atoms with Crippen LogP contribution in [0.3, 0.4) is 0 Å². The molecule has 1 heteroatoms. The summed E-state index contributed by atoms with van der Waals surface area (Å²) in [5, 5.41) is 0. The molecular weight excluding hydrogens is 232 g/mol. The van der Waals surface area contributed by atoms with Crippen molar-refractivity contribution in [2.24, 2.45) is 29.6 Å². The zero-order valence-electron chi connectivity index (χ0n) is 12.9. The fourth-order valence-corrected chi connectivity index (χ4v) is 4.71. The Bertz CT molecular complexity index is 406. The summed E-state index contributed by atoms with van der Waals surface area (Å²) >= 11 is 0. The number of fused-ring (bicyclic) bond motifs is 2. The highest BCUT2D eigenvalue weighted by Gasteiger charge is 2.45. The zero-order valence-corrected chi connectivity index (χ0v) is 12.9. The summed E-state index contributed by atoms with van der Waals surface area (Å²) in [6, 6.07) is 0. The summed E-state index contributed by atoms with van der Waals surface area (Å²) in [6.45, 7) is 10.4. The number of allylic oxidation sites excluding steroid dienone is 3. The van der Waals surface area contributed by atoms with E-state index in [2.05, 4.69) is 39.8 Å². The molecule has 2 aliphatic carbocycles. The Kier molecular flexibility index (Phi) is 3.59.